The second kappa shape index (κ2) is 11.3. The molecule has 39 heavy (non-hydrogen) atoms. The number of rotatable bonds is 7. The molecular formula is C28H19Cl4FN2O4. The maximum absolute atomic E-state index is 15.5. The Morgan fingerprint density at radius 2 is 1.33 bits per heavy atom. The molecule has 0 atom stereocenters. The molecule has 4 aromatic carbocycles. The highest BCUT2D eigenvalue weighted by molar-refractivity contribution is 6.41. The predicted molar refractivity (Wildman–Crippen MR) is 155 cm³/mol. The summed E-state index contributed by atoms with van der Waals surface area (Å²) in [5.74, 6) is -3.23. The van der Waals surface area contributed by atoms with Crippen LogP contribution in [0.3, 0.4) is 0 Å². The van der Waals surface area contributed by atoms with Crippen LogP contribution in [0.15, 0.2) is 54.6 Å². The molecule has 11 heteroatoms. The molecule has 0 heterocycles. The summed E-state index contributed by atoms with van der Waals surface area (Å²) in [5.41, 5.74) is 1.68. The summed E-state index contributed by atoms with van der Waals surface area (Å²) >= 11 is 25.7. The van der Waals surface area contributed by atoms with Gasteiger partial charge < -0.3 is 20.8 Å². The fraction of sp³-hybridized carbons (Fsp3) is 0.0714. The summed E-state index contributed by atoms with van der Waals surface area (Å²) in [4.78, 5) is 23.8. The van der Waals surface area contributed by atoms with E-state index < -0.39 is 17.8 Å². The van der Waals surface area contributed by atoms with E-state index in [1.54, 1.807) is 44.2 Å². The fourth-order valence-corrected chi connectivity index (χ4v) is 5.01. The summed E-state index contributed by atoms with van der Waals surface area (Å²) in [6.45, 7) is 3.36. The van der Waals surface area contributed by atoms with Gasteiger partial charge in [-0.2, -0.15) is 0 Å². The van der Waals surface area contributed by atoms with E-state index in [0.29, 0.717) is 11.1 Å². The maximum Gasteiger partial charge on any atom is 0.337 e. The van der Waals surface area contributed by atoms with Crippen molar-refractivity contribution in [2.45, 2.75) is 13.8 Å². The number of carboxylic acids is 2. The van der Waals surface area contributed by atoms with Gasteiger partial charge in [-0.05, 0) is 66.9 Å². The number of hydrogen-bond acceptors (Lipinski definition) is 4. The summed E-state index contributed by atoms with van der Waals surface area (Å²) in [6.07, 6.45) is 0. The van der Waals surface area contributed by atoms with Crippen LogP contribution in [-0.2, 0) is 0 Å². The number of para-hydroxylation sites is 1. The van der Waals surface area contributed by atoms with E-state index in [2.05, 4.69) is 10.6 Å². The first-order valence-electron chi connectivity index (χ1n) is 11.3. The van der Waals surface area contributed by atoms with Gasteiger partial charge in [-0.25, -0.2) is 14.0 Å². The number of carbonyl (C=O) groups is 2. The largest absolute Gasteiger partial charge is 0.478 e. The molecule has 4 rings (SSSR count). The van der Waals surface area contributed by atoms with Gasteiger partial charge in [0.2, 0.25) is 0 Å². The van der Waals surface area contributed by atoms with Crippen LogP contribution in [0.25, 0.3) is 11.1 Å². The first kappa shape index (κ1) is 28.5. The Hall–Kier alpha value is -3.49. The number of aryl methyl sites for hydroxylation is 1. The van der Waals surface area contributed by atoms with Gasteiger partial charge in [-0.15, -0.1) is 0 Å². The normalized spacial score (nSPS) is 10.8. The van der Waals surface area contributed by atoms with Crippen molar-refractivity contribution in [1.29, 1.82) is 0 Å². The molecule has 0 aliphatic rings. The van der Waals surface area contributed by atoms with Crippen molar-refractivity contribution >= 4 is 81.1 Å². The number of nitrogens with one attached hydrogen (secondary N) is 2. The number of carboxylic acid groups (broad SMARTS) is 2. The molecule has 0 aliphatic carbocycles. The highest BCUT2D eigenvalue weighted by atomic mass is 35.5. The van der Waals surface area contributed by atoms with E-state index in [4.69, 9.17) is 46.4 Å². The van der Waals surface area contributed by atoms with Crippen LogP contribution in [0.5, 0.6) is 0 Å². The quantitative estimate of drug-likeness (QED) is 0.167. The summed E-state index contributed by atoms with van der Waals surface area (Å²) in [6, 6.07) is 13.1. The van der Waals surface area contributed by atoms with Crippen LogP contribution in [0, 0.1) is 19.7 Å². The van der Waals surface area contributed by atoms with E-state index in [1.165, 1.54) is 18.2 Å². The van der Waals surface area contributed by atoms with Crippen molar-refractivity contribution in [2.75, 3.05) is 10.6 Å². The molecule has 0 amide bonds. The van der Waals surface area contributed by atoms with Gasteiger partial charge in [0.1, 0.15) is 5.82 Å². The average Bonchev–Trinajstić information content (AvgIpc) is 2.89. The maximum atomic E-state index is 15.5. The molecule has 0 aliphatic heterocycles. The molecule has 0 spiro atoms. The summed E-state index contributed by atoms with van der Waals surface area (Å²) in [7, 11) is 0. The Balaban J connectivity index is 1.81. The lowest BCUT2D eigenvalue weighted by atomic mass is 9.96. The monoisotopic (exact) mass is 606 g/mol. The highest BCUT2D eigenvalue weighted by Gasteiger charge is 2.23. The molecule has 4 N–H and O–H groups in total. The zero-order valence-corrected chi connectivity index (χ0v) is 23.3. The number of halogens is 5. The van der Waals surface area contributed by atoms with Gasteiger partial charge in [0.15, 0.2) is 0 Å². The van der Waals surface area contributed by atoms with Crippen molar-refractivity contribution < 1.29 is 24.2 Å². The second-order valence-corrected chi connectivity index (χ2v) is 10.1. The van der Waals surface area contributed by atoms with E-state index in [-0.39, 0.29) is 65.1 Å². The van der Waals surface area contributed by atoms with Crippen LogP contribution < -0.4 is 10.6 Å². The second-order valence-electron chi connectivity index (χ2n) is 8.56. The Morgan fingerprint density at radius 3 is 2.00 bits per heavy atom. The number of aromatic carboxylic acids is 2. The third-order valence-electron chi connectivity index (χ3n) is 6.05. The molecule has 200 valence electrons. The third-order valence-corrected chi connectivity index (χ3v) is 7.62. The van der Waals surface area contributed by atoms with E-state index >= 15 is 4.39 Å². The molecule has 4 aromatic rings. The van der Waals surface area contributed by atoms with Gasteiger partial charge in [0, 0.05) is 5.56 Å². The van der Waals surface area contributed by atoms with E-state index in [1.807, 2.05) is 0 Å². The zero-order chi connectivity index (χ0) is 28.6. The molecule has 0 fully saturated rings. The predicted octanol–water partition coefficient (Wildman–Crippen LogP) is 9.61. The Kier molecular flexibility index (Phi) is 8.28. The molecule has 0 saturated carbocycles. The van der Waals surface area contributed by atoms with Crippen LogP contribution in [0.1, 0.15) is 31.8 Å². The van der Waals surface area contributed by atoms with E-state index in [0.717, 1.165) is 6.07 Å². The number of hydrogen-bond donors (Lipinski definition) is 4. The van der Waals surface area contributed by atoms with Gasteiger partial charge in [-0.1, -0.05) is 64.6 Å². The van der Waals surface area contributed by atoms with Crippen LogP contribution >= 0.6 is 46.4 Å². The van der Waals surface area contributed by atoms with Gasteiger partial charge in [0.05, 0.1) is 54.0 Å². The van der Waals surface area contributed by atoms with Crippen molar-refractivity contribution in [3.8, 4) is 11.1 Å². The minimum atomic E-state index is -1.32. The van der Waals surface area contributed by atoms with Gasteiger partial charge in [-0.3, -0.25) is 0 Å². The average molecular weight is 608 g/mol. The van der Waals surface area contributed by atoms with Crippen LogP contribution in [0.4, 0.5) is 27.1 Å². The minimum absolute atomic E-state index is 0.000382. The molecule has 0 aromatic heterocycles. The van der Waals surface area contributed by atoms with Crippen LogP contribution in [-0.4, -0.2) is 22.2 Å². The minimum Gasteiger partial charge on any atom is -0.478 e. The number of anilines is 4. The van der Waals surface area contributed by atoms with E-state index in [9.17, 15) is 19.8 Å². The van der Waals surface area contributed by atoms with Crippen molar-refractivity contribution in [3.05, 3.63) is 103 Å². The molecular weight excluding hydrogens is 589 g/mol. The molecule has 6 nitrogen and oxygen atoms in total. The molecule has 0 unspecified atom stereocenters. The van der Waals surface area contributed by atoms with Crippen molar-refractivity contribution in [1.82, 2.24) is 0 Å². The van der Waals surface area contributed by atoms with Crippen molar-refractivity contribution in [2.24, 2.45) is 0 Å². The lowest BCUT2D eigenvalue weighted by Crippen LogP contribution is -2.06. The Bertz CT molecular complexity index is 1660. The molecule has 0 saturated heterocycles. The first-order chi connectivity index (χ1) is 18.4. The number of benzene rings is 4. The lowest BCUT2D eigenvalue weighted by Gasteiger charge is -2.19. The van der Waals surface area contributed by atoms with Gasteiger partial charge in [0.25, 0.3) is 0 Å². The third kappa shape index (κ3) is 5.63. The van der Waals surface area contributed by atoms with Gasteiger partial charge >= 0.3 is 11.9 Å². The highest BCUT2D eigenvalue weighted by Crippen LogP contribution is 2.43. The zero-order valence-electron chi connectivity index (χ0n) is 20.3. The SMILES string of the molecule is Cc1ccc(Cl)c(Nc2cc(F)c(-c3cc(Cl)c(Nc4ccccc4C(=O)O)c(Cl)c3C)cc2C(=O)O)c1Cl. The summed E-state index contributed by atoms with van der Waals surface area (Å²) < 4.78 is 15.5. The van der Waals surface area contributed by atoms with Crippen LogP contribution in [0.2, 0.25) is 20.1 Å². The first-order valence-corrected chi connectivity index (χ1v) is 12.8. The lowest BCUT2D eigenvalue weighted by molar-refractivity contribution is 0.0687. The molecule has 0 radical (unpaired) electrons. The standard InChI is InChI=1S/C28H19Cl4FN2O4/c1-12-7-8-18(29)25(23(12)31)35-22-11-20(33)16(9-17(22)28(38)39)15-10-19(30)26(24(32)13(15)2)34-21-6-4-3-5-14(21)27(36)37/h3-11,34-35H,1-2H3,(H,36,37)(H,38,39). The summed E-state index contributed by atoms with van der Waals surface area (Å²) in [5, 5.41) is 25.8. The Morgan fingerprint density at radius 1 is 0.718 bits per heavy atom. The fourth-order valence-electron chi connectivity index (χ4n) is 3.99. The Labute approximate surface area is 242 Å². The molecule has 0 bridgehead atoms. The van der Waals surface area contributed by atoms with Crippen molar-refractivity contribution in [3.63, 3.8) is 0 Å². The smallest absolute Gasteiger partial charge is 0.337 e. The topological polar surface area (TPSA) is 98.7 Å².